The Morgan fingerprint density at radius 3 is 2.65 bits per heavy atom. The molecule has 0 fully saturated rings. The molecule has 0 aliphatic heterocycles. The number of benzene rings is 1. The van der Waals surface area contributed by atoms with Gasteiger partial charge in [0, 0.05) is 12.3 Å². The molecule has 0 amide bonds. The lowest BCUT2D eigenvalue weighted by molar-refractivity contribution is -0.147. The first-order valence-electron chi connectivity index (χ1n) is 6.23. The summed E-state index contributed by atoms with van der Waals surface area (Å²) in [6.45, 7) is 2.08. The van der Waals surface area contributed by atoms with Gasteiger partial charge in [0.2, 0.25) is 0 Å². The standard InChI is InChI=1S/C14H17ClO5/c1-2-20-12(16)6-4-9-3-5-11(10(7-9)8-15)13(17)14(18)19/h3,5,7,13,17H,2,4,6,8H2,1H3,(H,18,19). The average molecular weight is 301 g/mol. The van der Waals surface area contributed by atoms with Crippen LogP contribution in [0.4, 0.5) is 0 Å². The Morgan fingerprint density at radius 1 is 1.40 bits per heavy atom. The highest BCUT2D eigenvalue weighted by atomic mass is 35.5. The lowest BCUT2D eigenvalue weighted by atomic mass is 9.98. The molecule has 1 unspecified atom stereocenters. The molecule has 0 radical (unpaired) electrons. The summed E-state index contributed by atoms with van der Waals surface area (Å²) in [5.74, 6) is -1.52. The van der Waals surface area contributed by atoms with Gasteiger partial charge in [-0.2, -0.15) is 0 Å². The Hall–Kier alpha value is -1.59. The van der Waals surface area contributed by atoms with Crippen molar-refractivity contribution in [1.82, 2.24) is 0 Å². The van der Waals surface area contributed by atoms with Gasteiger partial charge in [0.05, 0.1) is 6.61 Å². The lowest BCUT2D eigenvalue weighted by Gasteiger charge is -2.12. The predicted molar refractivity (Wildman–Crippen MR) is 73.5 cm³/mol. The van der Waals surface area contributed by atoms with E-state index in [1.54, 1.807) is 19.1 Å². The smallest absolute Gasteiger partial charge is 0.337 e. The maximum absolute atomic E-state index is 11.3. The summed E-state index contributed by atoms with van der Waals surface area (Å²) in [5.41, 5.74) is 1.66. The van der Waals surface area contributed by atoms with Gasteiger partial charge >= 0.3 is 11.9 Å². The van der Waals surface area contributed by atoms with E-state index in [-0.39, 0.29) is 23.8 Å². The van der Waals surface area contributed by atoms with Gasteiger partial charge in [-0.15, -0.1) is 11.6 Å². The molecule has 1 atom stereocenters. The topological polar surface area (TPSA) is 83.8 Å². The summed E-state index contributed by atoms with van der Waals surface area (Å²) in [7, 11) is 0. The molecule has 0 spiro atoms. The highest BCUT2D eigenvalue weighted by Gasteiger charge is 2.19. The Labute approximate surface area is 122 Å². The van der Waals surface area contributed by atoms with Crippen molar-refractivity contribution in [2.24, 2.45) is 0 Å². The van der Waals surface area contributed by atoms with Crippen LogP contribution in [0.5, 0.6) is 0 Å². The molecule has 0 saturated heterocycles. The molecule has 110 valence electrons. The van der Waals surface area contributed by atoms with Crippen molar-refractivity contribution in [3.05, 3.63) is 34.9 Å². The largest absolute Gasteiger partial charge is 0.479 e. The number of aryl methyl sites for hydroxylation is 1. The predicted octanol–water partition coefficient (Wildman–Crippen LogP) is 2.04. The number of aliphatic hydroxyl groups excluding tert-OH is 1. The number of alkyl halides is 1. The molecule has 5 nitrogen and oxygen atoms in total. The Bertz CT molecular complexity index is 486. The molecule has 1 aromatic carbocycles. The minimum Gasteiger partial charge on any atom is -0.479 e. The first kappa shape index (κ1) is 16.5. The van der Waals surface area contributed by atoms with Crippen LogP contribution in [0.2, 0.25) is 0 Å². The summed E-state index contributed by atoms with van der Waals surface area (Å²) in [6, 6.07) is 4.90. The molecule has 20 heavy (non-hydrogen) atoms. The van der Waals surface area contributed by atoms with Crippen LogP contribution in [0, 0.1) is 0 Å². The van der Waals surface area contributed by atoms with Crippen LogP contribution in [0.25, 0.3) is 0 Å². The van der Waals surface area contributed by atoms with E-state index in [1.807, 2.05) is 0 Å². The molecular weight excluding hydrogens is 284 g/mol. The van der Waals surface area contributed by atoms with Crippen molar-refractivity contribution in [3.63, 3.8) is 0 Å². The van der Waals surface area contributed by atoms with E-state index in [0.29, 0.717) is 18.6 Å². The fourth-order valence-corrected chi connectivity index (χ4v) is 2.04. The monoisotopic (exact) mass is 300 g/mol. The molecule has 1 aromatic rings. The van der Waals surface area contributed by atoms with Crippen molar-refractivity contribution in [3.8, 4) is 0 Å². The third-order valence-corrected chi connectivity index (χ3v) is 3.09. The minimum atomic E-state index is -1.59. The van der Waals surface area contributed by atoms with Gasteiger partial charge in [-0.3, -0.25) is 4.79 Å². The molecule has 0 aliphatic rings. The number of carboxylic acid groups (broad SMARTS) is 1. The molecule has 0 aromatic heterocycles. The molecule has 0 saturated carbocycles. The molecule has 1 rings (SSSR count). The minimum absolute atomic E-state index is 0.0902. The van der Waals surface area contributed by atoms with Gasteiger partial charge in [-0.25, -0.2) is 4.79 Å². The number of halogens is 1. The third kappa shape index (κ3) is 4.51. The number of aliphatic carboxylic acids is 1. The highest BCUT2D eigenvalue weighted by Crippen LogP contribution is 2.22. The summed E-state index contributed by atoms with van der Waals surface area (Å²) in [6.07, 6.45) is -0.870. The van der Waals surface area contributed by atoms with E-state index in [0.717, 1.165) is 5.56 Å². The number of carboxylic acids is 1. The zero-order valence-electron chi connectivity index (χ0n) is 11.1. The van der Waals surface area contributed by atoms with Crippen LogP contribution in [0.1, 0.15) is 36.1 Å². The molecule has 0 heterocycles. The van der Waals surface area contributed by atoms with Crippen molar-refractivity contribution < 1.29 is 24.5 Å². The highest BCUT2D eigenvalue weighted by molar-refractivity contribution is 6.17. The quantitative estimate of drug-likeness (QED) is 0.594. The Balaban J connectivity index is 2.82. The zero-order valence-corrected chi connectivity index (χ0v) is 11.9. The summed E-state index contributed by atoms with van der Waals surface area (Å²) >= 11 is 5.77. The SMILES string of the molecule is CCOC(=O)CCc1ccc(C(O)C(=O)O)c(CCl)c1. The van der Waals surface area contributed by atoms with E-state index >= 15 is 0 Å². The van der Waals surface area contributed by atoms with Crippen LogP contribution in [0.3, 0.4) is 0 Å². The van der Waals surface area contributed by atoms with Crippen LogP contribution in [-0.4, -0.2) is 28.8 Å². The van der Waals surface area contributed by atoms with Crippen molar-refractivity contribution >= 4 is 23.5 Å². The summed E-state index contributed by atoms with van der Waals surface area (Å²) in [4.78, 5) is 22.1. The van der Waals surface area contributed by atoms with Crippen molar-refractivity contribution in [2.45, 2.75) is 31.7 Å². The van der Waals surface area contributed by atoms with Gasteiger partial charge < -0.3 is 14.9 Å². The summed E-state index contributed by atoms with van der Waals surface area (Å²) < 4.78 is 4.83. The van der Waals surface area contributed by atoms with Gasteiger partial charge in [0.25, 0.3) is 0 Å². The Morgan fingerprint density at radius 2 is 2.10 bits per heavy atom. The van der Waals surface area contributed by atoms with E-state index < -0.39 is 12.1 Å². The van der Waals surface area contributed by atoms with Crippen LogP contribution >= 0.6 is 11.6 Å². The number of carbonyl (C=O) groups excluding carboxylic acids is 1. The van der Waals surface area contributed by atoms with Gasteiger partial charge in [-0.1, -0.05) is 18.2 Å². The summed E-state index contributed by atoms with van der Waals surface area (Å²) in [5, 5.41) is 18.4. The number of rotatable bonds is 7. The van der Waals surface area contributed by atoms with E-state index in [1.165, 1.54) is 6.07 Å². The fourth-order valence-electron chi connectivity index (χ4n) is 1.81. The van der Waals surface area contributed by atoms with Crippen molar-refractivity contribution in [1.29, 1.82) is 0 Å². The second kappa shape index (κ2) is 7.87. The first-order valence-corrected chi connectivity index (χ1v) is 6.77. The molecule has 6 heteroatoms. The van der Waals surface area contributed by atoms with E-state index in [9.17, 15) is 14.7 Å². The van der Waals surface area contributed by atoms with Crippen molar-refractivity contribution in [2.75, 3.05) is 6.61 Å². The molecule has 2 N–H and O–H groups in total. The van der Waals surface area contributed by atoms with Crippen LogP contribution < -0.4 is 0 Å². The molecule has 0 aliphatic carbocycles. The number of ether oxygens (including phenoxy) is 1. The number of esters is 1. The van der Waals surface area contributed by atoms with Gasteiger partial charge in [0.15, 0.2) is 6.10 Å². The second-order valence-electron chi connectivity index (χ2n) is 4.21. The number of aliphatic hydroxyl groups is 1. The first-order chi connectivity index (χ1) is 9.49. The number of hydrogen-bond acceptors (Lipinski definition) is 4. The third-order valence-electron chi connectivity index (χ3n) is 2.80. The molecule has 0 bridgehead atoms. The van der Waals surface area contributed by atoms with Crippen LogP contribution in [-0.2, 0) is 26.6 Å². The average Bonchev–Trinajstić information content (AvgIpc) is 2.44. The van der Waals surface area contributed by atoms with Gasteiger partial charge in [-0.05, 0) is 30.0 Å². The normalized spacial score (nSPS) is 11.9. The van der Waals surface area contributed by atoms with E-state index in [2.05, 4.69) is 0 Å². The van der Waals surface area contributed by atoms with Crippen LogP contribution in [0.15, 0.2) is 18.2 Å². The zero-order chi connectivity index (χ0) is 15.1. The number of hydrogen-bond donors (Lipinski definition) is 2. The maximum Gasteiger partial charge on any atom is 0.337 e. The molecular formula is C14H17ClO5. The van der Waals surface area contributed by atoms with Gasteiger partial charge in [0.1, 0.15) is 0 Å². The fraction of sp³-hybridized carbons (Fsp3) is 0.429. The Kier molecular flexibility index (Phi) is 6.48. The number of carbonyl (C=O) groups is 2. The maximum atomic E-state index is 11.3. The lowest BCUT2D eigenvalue weighted by Crippen LogP contribution is -2.13. The second-order valence-corrected chi connectivity index (χ2v) is 4.48. The van der Waals surface area contributed by atoms with E-state index in [4.69, 9.17) is 21.4 Å².